The van der Waals surface area contributed by atoms with E-state index in [9.17, 15) is 4.79 Å². The zero-order valence-corrected chi connectivity index (χ0v) is 15.9. The molecular formula is C22H26N2O3. The second kappa shape index (κ2) is 7.31. The molecule has 2 aliphatic rings. The summed E-state index contributed by atoms with van der Waals surface area (Å²) in [5.41, 5.74) is 1.52. The molecule has 5 heteroatoms. The minimum Gasteiger partial charge on any atom is -0.474 e. The molecular weight excluding hydrogens is 340 g/mol. The Kier molecular flexibility index (Phi) is 4.87. The van der Waals surface area contributed by atoms with Gasteiger partial charge in [0.05, 0.1) is 11.6 Å². The maximum atomic E-state index is 13.3. The number of carbonyl (C=O) groups is 1. The zero-order chi connectivity index (χ0) is 18.9. The molecule has 1 saturated carbocycles. The van der Waals surface area contributed by atoms with Crippen molar-refractivity contribution in [3.63, 3.8) is 0 Å². The monoisotopic (exact) mass is 366 g/mol. The Bertz CT molecular complexity index is 810. The van der Waals surface area contributed by atoms with Gasteiger partial charge in [-0.2, -0.15) is 0 Å². The van der Waals surface area contributed by atoms with E-state index in [0.29, 0.717) is 5.88 Å². The maximum Gasteiger partial charge on any atom is 0.254 e. The summed E-state index contributed by atoms with van der Waals surface area (Å²) in [5.74, 6) is 0.734. The molecule has 2 aromatic rings. The van der Waals surface area contributed by atoms with E-state index in [1.165, 1.54) is 0 Å². The van der Waals surface area contributed by atoms with Crippen LogP contribution in [0.4, 0.5) is 0 Å². The molecule has 1 aliphatic carbocycles. The van der Waals surface area contributed by atoms with Gasteiger partial charge in [0.15, 0.2) is 0 Å². The van der Waals surface area contributed by atoms with Gasteiger partial charge in [-0.1, -0.05) is 24.3 Å². The molecule has 2 fully saturated rings. The topological polar surface area (TPSA) is 51.7 Å². The van der Waals surface area contributed by atoms with Gasteiger partial charge in [0.25, 0.3) is 5.91 Å². The number of ether oxygens (including phenoxy) is 2. The van der Waals surface area contributed by atoms with Crippen LogP contribution < -0.4 is 4.74 Å². The number of likely N-dealkylation sites (tertiary alicyclic amines) is 1. The summed E-state index contributed by atoms with van der Waals surface area (Å²) >= 11 is 0. The summed E-state index contributed by atoms with van der Waals surface area (Å²) < 4.78 is 12.1. The van der Waals surface area contributed by atoms with Crippen LogP contribution in [0.3, 0.4) is 0 Å². The number of pyridine rings is 1. The second-order valence-electron chi connectivity index (χ2n) is 7.53. The van der Waals surface area contributed by atoms with Crippen molar-refractivity contribution < 1.29 is 14.3 Å². The van der Waals surface area contributed by atoms with Crippen molar-refractivity contribution in [2.24, 2.45) is 0 Å². The molecule has 0 N–H and O–H groups in total. The highest BCUT2D eigenvalue weighted by Crippen LogP contribution is 2.43. The van der Waals surface area contributed by atoms with Crippen molar-refractivity contribution in [2.45, 2.75) is 50.4 Å². The lowest BCUT2D eigenvalue weighted by molar-refractivity contribution is -0.0788. The van der Waals surface area contributed by atoms with Crippen LogP contribution in [-0.2, 0) is 4.74 Å². The fraction of sp³-hybridized carbons (Fsp3) is 0.455. The minimum absolute atomic E-state index is 0.0251. The number of benzene rings is 1. The van der Waals surface area contributed by atoms with Crippen molar-refractivity contribution in [3.05, 3.63) is 59.8 Å². The van der Waals surface area contributed by atoms with E-state index in [1.807, 2.05) is 54.3 Å². The predicted molar refractivity (Wildman–Crippen MR) is 103 cm³/mol. The van der Waals surface area contributed by atoms with Gasteiger partial charge >= 0.3 is 0 Å². The van der Waals surface area contributed by atoms with E-state index in [0.717, 1.165) is 43.4 Å². The number of aromatic nitrogens is 1. The molecule has 142 valence electrons. The summed E-state index contributed by atoms with van der Waals surface area (Å²) in [6.07, 6.45) is 5.22. The van der Waals surface area contributed by atoms with Crippen molar-refractivity contribution >= 4 is 5.91 Å². The first-order valence-corrected chi connectivity index (χ1v) is 9.62. The number of hydrogen-bond acceptors (Lipinski definition) is 4. The standard InChI is InChI=1S/C22H26N2O3/c1-16-7-3-4-8-18(16)21(25)24-14-12-22(26-2)11-10-17(15-19(22)24)27-20-9-5-6-13-23-20/h3-9,13,17,19H,10-12,14-15H2,1-2H3/t17-,19-,22+/m0/s1. The molecule has 1 amide bonds. The van der Waals surface area contributed by atoms with Crippen LogP contribution in [0.2, 0.25) is 0 Å². The molecule has 4 rings (SSSR count). The van der Waals surface area contributed by atoms with Crippen LogP contribution in [0, 0.1) is 6.92 Å². The fourth-order valence-electron chi connectivity index (χ4n) is 4.57. The van der Waals surface area contributed by atoms with Crippen molar-refractivity contribution in [2.75, 3.05) is 13.7 Å². The molecule has 0 spiro atoms. The highest BCUT2D eigenvalue weighted by Gasteiger charge is 2.53. The Morgan fingerprint density at radius 3 is 2.74 bits per heavy atom. The Hall–Kier alpha value is -2.40. The average molecular weight is 366 g/mol. The summed E-state index contributed by atoms with van der Waals surface area (Å²) in [6.45, 7) is 2.71. The molecule has 5 nitrogen and oxygen atoms in total. The Morgan fingerprint density at radius 1 is 1.19 bits per heavy atom. The normalized spacial score (nSPS) is 27.3. The van der Waals surface area contributed by atoms with Crippen LogP contribution in [-0.4, -0.2) is 47.2 Å². The summed E-state index contributed by atoms with van der Waals surface area (Å²) in [7, 11) is 1.77. The highest BCUT2D eigenvalue weighted by atomic mass is 16.5. The first-order valence-electron chi connectivity index (χ1n) is 9.62. The number of nitrogens with zero attached hydrogens (tertiary/aromatic N) is 2. The molecule has 3 atom stereocenters. The van der Waals surface area contributed by atoms with Crippen LogP contribution in [0.25, 0.3) is 0 Å². The van der Waals surface area contributed by atoms with Crippen LogP contribution in [0.5, 0.6) is 5.88 Å². The third-order valence-corrected chi connectivity index (χ3v) is 6.10. The molecule has 1 saturated heterocycles. The van der Waals surface area contributed by atoms with E-state index < -0.39 is 0 Å². The zero-order valence-electron chi connectivity index (χ0n) is 15.9. The number of rotatable bonds is 4. The number of hydrogen-bond donors (Lipinski definition) is 0. The van der Waals surface area contributed by atoms with E-state index in [-0.39, 0.29) is 23.7 Å². The summed E-state index contributed by atoms with van der Waals surface area (Å²) in [4.78, 5) is 19.5. The quantitative estimate of drug-likeness (QED) is 0.829. The van der Waals surface area contributed by atoms with E-state index >= 15 is 0 Å². The molecule has 0 unspecified atom stereocenters. The summed E-state index contributed by atoms with van der Waals surface area (Å²) in [6, 6.07) is 13.5. The molecule has 1 aromatic heterocycles. The maximum absolute atomic E-state index is 13.3. The van der Waals surface area contributed by atoms with E-state index in [2.05, 4.69) is 4.98 Å². The SMILES string of the molecule is CO[C@@]12CC[C@H](Oc3ccccn3)C[C@@H]1N(C(=O)c1ccccc1C)CC2. The predicted octanol–water partition coefficient (Wildman–Crippen LogP) is 3.62. The second-order valence-corrected chi connectivity index (χ2v) is 7.53. The molecule has 27 heavy (non-hydrogen) atoms. The lowest BCUT2D eigenvalue weighted by Gasteiger charge is -2.43. The molecule has 0 radical (unpaired) electrons. The van der Waals surface area contributed by atoms with Gasteiger partial charge in [-0.15, -0.1) is 0 Å². The fourth-order valence-corrected chi connectivity index (χ4v) is 4.57. The van der Waals surface area contributed by atoms with Crippen molar-refractivity contribution in [1.82, 2.24) is 9.88 Å². The number of aryl methyl sites for hydroxylation is 1. The van der Waals surface area contributed by atoms with Gasteiger partial charge < -0.3 is 14.4 Å². The third kappa shape index (κ3) is 3.32. The molecule has 0 bridgehead atoms. The third-order valence-electron chi connectivity index (χ3n) is 6.10. The number of fused-ring (bicyclic) bond motifs is 1. The molecule has 1 aliphatic heterocycles. The molecule has 2 heterocycles. The smallest absolute Gasteiger partial charge is 0.254 e. The van der Waals surface area contributed by atoms with E-state index in [1.54, 1.807) is 13.3 Å². The van der Waals surface area contributed by atoms with Crippen molar-refractivity contribution in [1.29, 1.82) is 0 Å². The van der Waals surface area contributed by atoms with Crippen LogP contribution >= 0.6 is 0 Å². The Labute approximate surface area is 160 Å². The number of carbonyl (C=O) groups excluding carboxylic acids is 1. The first-order chi connectivity index (χ1) is 13.1. The average Bonchev–Trinajstić information content (AvgIpc) is 3.08. The highest BCUT2D eigenvalue weighted by molar-refractivity contribution is 5.96. The van der Waals surface area contributed by atoms with Gasteiger partial charge in [-0.25, -0.2) is 4.98 Å². The lowest BCUT2D eigenvalue weighted by Crippen LogP contribution is -2.53. The Morgan fingerprint density at radius 2 is 2.00 bits per heavy atom. The first kappa shape index (κ1) is 18.0. The largest absolute Gasteiger partial charge is 0.474 e. The van der Waals surface area contributed by atoms with Gasteiger partial charge in [0.2, 0.25) is 5.88 Å². The van der Waals surface area contributed by atoms with E-state index in [4.69, 9.17) is 9.47 Å². The molecule has 1 aromatic carbocycles. The Balaban J connectivity index is 1.56. The number of methoxy groups -OCH3 is 1. The van der Waals surface area contributed by atoms with Gasteiger partial charge in [-0.3, -0.25) is 4.79 Å². The van der Waals surface area contributed by atoms with Crippen LogP contribution in [0.15, 0.2) is 48.7 Å². The van der Waals surface area contributed by atoms with Crippen LogP contribution in [0.1, 0.15) is 41.6 Å². The minimum atomic E-state index is -0.262. The van der Waals surface area contributed by atoms with Gasteiger partial charge in [0.1, 0.15) is 6.10 Å². The van der Waals surface area contributed by atoms with Gasteiger partial charge in [0, 0.05) is 37.9 Å². The van der Waals surface area contributed by atoms with Crippen molar-refractivity contribution in [3.8, 4) is 5.88 Å². The summed E-state index contributed by atoms with van der Waals surface area (Å²) in [5, 5.41) is 0. The lowest BCUT2D eigenvalue weighted by atomic mass is 9.79. The number of amides is 1. The van der Waals surface area contributed by atoms with Gasteiger partial charge in [-0.05, 0) is 43.9 Å².